The van der Waals surface area contributed by atoms with Crippen LogP contribution in [-0.4, -0.2) is 60.7 Å². The Morgan fingerprint density at radius 3 is 2.78 bits per heavy atom. The van der Waals surface area contributed by atoms with Crippen molar-refractivity contribution in [2.75, 3.05) is 18.4 Å². The molecule has 3 aromatic heterocycles. The van der Waals surface area contributed by atoms with Gasteiger partial charge in [0.25, 0.3) is 0 Å². The van der Waals surface area contributed by atoms with Crippen molar-refractivity contribution in [1.29, 1.82) is 0 Å². The van der Waals surface area contributed by atoms with E-state index >= 15 is 0 Å². The zero-order valence-corrected chi connectivity index (χ0v) is 17.9. The zero-order valence-electron chi connectivity index (χ0n) is 17.9. The molecule has 2 aliphatic rings. The van der Waals surface area contributed by atoms with Crippen molar-refractivity contribution in [3.05, 3.63) is 48.5 Å². The molecule has 2 fully saturated rings. The number of imide groups is 1. The summed E-state index contributed by atoms with van der Waals surface area (Å²) >= 11 is 0. The summed E-state index contributed by atoms with van der Waals surface area (Å²) in [5.41, 5.74) is 2.25. The van der Waals surface area contributed by atoms with Crippen molar-refractivity contribution in [1.82, 2.24) is 29.5 Å². The number of urea groups is 2. The monoisotopic (exact) mass is 433 g/mol. The van der Waals surface area contributed by atoms with Crippen LogP contribution in [0, 0.1) is 6.92 Å². The Labute approximate surface area is 184 Å². The van der Waals surface area contributed by atoms with Crippen LogP contribution in [0.1, 0.15) is 18.5 Å². The van der Waals surface area contributed by atoms with Crippen molar-refractivity contribution in [2.45, 2.75) is 25.8 Å². The first-order valence-electron chi connectivity index (χ1n) is 10.5. The number of carbonyl (C=O) groups is 2. The largest absolute Gasteiger partial charge is 0.455 e. The van der Waals surface area contributed by atoms with E-state index in [4.69, 9.17) is 4.74 Å². The Morgan fingerprint density at radius 2 is 2.06 bits per heavy atom. The molecule has 3 aromatic rings. The van der Waals surface area contributed by atoms with Gasteiger partial charge in [-0.2, -0.15) is 5.10 Å². The Balaban J connectivity index is 1.26. The van der Waals surface area contributed by atoms with Gasteiger partial charge >= 0.3 is 12.1 Å². The van der Waals surface area contributed by atoms with Gasteiger partial charge in [0.05, 0.1) is 17.6 Å². The normalized spacial score (nSPS) is 15.9. The highest BCUT2D eigenvalue weighted by atomic mass is 16.5. The minimum atomic E-state index is -0.464. The van der Waals surface area contributed by atoms with Crippen LogP contribution in [0.4, 0.5) is 15.4 Å². The van der Waals surface area contributed by atoms with E-state index in [9.17, 15) is 9.59 Å². The smallest absolute Gasteiger partial charge is 0.331 e. The van der Waals surface area contributed by atoms with Gasteiger partial charge in [0.1, 0.15) is 17.3 Å². The van der Waals surface area contributed by atoms with Crippen LogP contribution in [0.25, 0.3) is 11.3 Å². The number of rotatable bonds is 5. The number of carbonyl (C=O) groups excluding carboxylic acids is 2. The standard InChI is InChI=1S/C22H23N7O3/c1-14-19(32-17-7-8-23-18(11-17)15-12-24-27(2)13-15)5-6-20(25-14)26-21(30)29-10-9-28(22(29)31)16-3-4-16/h5-8,11-13,16H,3-4,9-10H2,1-2H3,(H,25,26,30). The fourth-order valence-corrected chi connectivity index (χ4v) is 3.68. The van der Waals surface area contributed by atoms with Gasteiger partial charge in [-0.15, -0.1) is 0 Å². The summed E-state index contributed by atoms with van der Waals surface area (Å²) in [7, 11) is 1.85. The van der Waals surface area contributed by atoms with Crippen LogP contribution in [0.15, 0.2) is 42.9 Å². The van der Waals surface area contributed by atoms with E-state index in [2.05, 4.69) is 20.4 Å². The topological polar surface area (TPSA) is 105 Å². The molecule has 164 valence electrons. The molecule has 0 bridgehead atoms. The lowest BCUT2D eigenvalue weighted by Crippen LogP contribution is -2.39. The quantitative estimate of drug-likeness (QED) is 0.661. The molecule has 0 spiro atoms. The second kappa shape index (κ2) is 7.95. The molecule has 1 saturated carbocycles. The summed E-state index contributed by atoms with van der Waals surface area (Å²) in [5.74, 6) is 1.54. The SMILES string of the molecule is Cc1nc(NC(=O)N2CCN(C3CC3)C2=O)ccc1Oc1ccnc(-c2cnn(C)c2)c1. The fraction of sp³-hybridized carbons (Fsp3) is 0.318. The van der Waals surface area contributed by atoms with Crippen LogP contribution in [0.5, 0.6) is 11.5 Å². The molecule has 0 aromatic carbocycles. The third-order valence-corrected chi connectivity index (χ3v) is 5.51. The maximum Gasteiger partial charge on any atom is 0.331 e. The van der Waals surface area contributed by atoms with Crippen molar-refractivity contribution in [3.63, 3.8) is 0 Å². The number of aryl methyl sites for hydroxylation is 2. The zero-order chi connectivity index (χ0) is 22.2. The molecular formula is C22H23N7O3. The lowest BCUT2D eigenvalue weighted by molar-refractivity contribution is 0.189. The van der Waals surface area contributed by atoms with Gasteiger partial charge in [-0.25, -0.2) is 19.5 Å². The fourth-order valence-electron chi connectivity index (χ4n) is 3.68. The van der Waals surface area contributed by atoms with Crippen LogP contribution in [-0.2, 0) is 7.05 Å². The van der Waals surface area contributed by atoms with Crippen LogP contribution in [0.2, 0.25) is 0 Å². The highest BCUT2D eigenvalue weighted by Crippen LogP contribution is 2.30. The first-order valence-corrected chi connectivity index (χ1v) is 10.5. The number of aromatic nitrogens is 4. The van der Waals surface area contributed by atoms with Gasteiger partial charge < -0.3 is 9.64 Å². The molecule has 0 radical (unpaired) electrons. The van der Waals surface area contributed by atoms with E-state index in [-0.39, 0.29) is 6.03 Å². The minimum absolute atomic E-state index is 0.233. The molecular weight excluding hydrogens is 410 g/mol. The molecule has 4 amide bonds. The minimum Gasteiger partial charge on any atom is -0.455 e. The van der Waals surface area contributed by atoms with E-state index in [0.29, 0.717) is 42.1 Å². The van der Waals surface area contributed by atoms with E-state index in [0.717, 1.165) is 24.1 Å². The average molecular weight is 433 g/mol. The number of amides is 4. The third-order valence-electron chi connectivity index (χ3n) is 5.51. The van der Waals surface area contributed by atoms with Crippen LogP contribution >= 0.6 is 0 Å². The third kappa shape index (κ3) is 3.98. The maximum atomic E-state index is 12.6. The van der Waals surface area contributed by atoms with Crippen molar-refractivity contribution < 1.29 is 14.3 Å². The number of ether oxygens (including phenoxy) is 1. The van der Waals surface area contributed by atoms with E-state index in [1.165, 1.54) is 4.90 Å². The summed E-state index contributed by atoms with van der Waals surface area (Å²) in [6.45, 7) is 2.77. The first-order chi connectivity index (χ1) is 15.5. The number of pyridine rings is 2. The molecule has 1 aliphatic heterocycles. The van der Waals surface area contributed by atoms with Gasteiger partial charge in [0.15, 0.2) is 0 Å². The molecule has 1 N–H and O–H groups in total. The van der Waals surface area contributed by atoms with Gasteiger partial charge in [-0.05, 0) is 38.0 Å². The van der Waals surface area contributed by atoms with Gasteiger partial charge in [0, 0.05) is 50.2 Å². The molecule has 0 unspecified atom stereocenters. The lowest BCUT2D eigenvalue weighted by atomic mass is 10.2. The number of nitrogens with one attached hydrogen (secondary N) is 1. The molecule has 10 nitrogen and oxygen atoms in total. The van der Waals surface area contributed by atoms with Crippen molar-refractivity contribution >= 4 is 17.9 Å². The van der Waals surface area contributed by atoms with E-state index in [1.54, 1.807) is 47.1 Å². The summed E-state index contributed by atoms with van der Waals surface area (Å²) in [5, 5.41) is 6.88. The van der Waals surface area contributed by atoms with Crippen LogP contribution < -0.4 is 10.1 Å². The Kier molecular flexibility index (Phi) is 4.96. The van der Waals surface area contributed by atoms with Gasteiger partial charge in [-0.1, -0.05) is 0 Å². The summed E-state index contributed by atoms with van der Waals surface area (Å²) in [6, 6.07) is 6.59. The Bertz CT molecular complexity index is 1190. The predicted molar refractivity (Wildman–Crippen MR) is 116 cm³/mol. The van der Waals surface area contributed by atoms with Crippen LogP contribution in [0.3, 0.4) is 0 Å². The lowest BCUT2D eigenvalue weighted by Gasteiger charge is -2.17. The highest BCUT2D eigenvalue weighted by molar-refractivity contribution is 6.01. The van der Waals surface area contributed by atoms with Gasteiger partial charge in [0.2, 0.25) is 0 Å². The molecule has 1 aliphatic carbocycles. The summed E-state index contributed by atoms with van der Waals surface area (Å²) in [6.07, 6.45) is 7.33. The van der Waals surface area contributed by atoms with Crippen molar-refractivity contribution in [3.8, 4) is 22.8 Å². The molecule has 32 heavy (non-hydrogen) atoms. The number of nitrogens with zero attached hydrogens (tertiary/aromatic N) is 6. The number of hydrogen-bond acceptors (Lipinski definition) is 6. The maximum absolute atomic E-state index is 12.6. The average Bonchev–Trinajstić information content (AvgIpc) is 3.40. The molecule has 4 heterocycles. The number of anilines is 1. The Morgan fingerprint density at radius 1 is 1.22 bits per heavy atom. The van der Waals surface area contributed by atoms with E-state index in [1.807, 2.05) is 19.3 Å². The highest BCUT2D eigenvalue weighted by Gasteiger charge is 2.41. The second-order valence-corrected chi connectivity index (χ2v) is 7.95. The molecule has 5 rings (SSSR count). The second-order valence-electron chi connectivity index (χ2n) is 7.95. The Hall–Kier alpha value is -3.95. The summed E-state index contributed by atoms with van der Waals surface area (Å²) in [4.78, 5) is 36.8. The first kappa shape index (κ1) is 20.0. The molecule has 10 heteroatoms. The molecule has 0 atom stereocenters. The van der Waals surface area contributed by atoms with Crippen molar-refractivity contribution in [2.24, 2.45) is 7.05 Å². The summed E-state index contributed by atoms with van der Waals surface area (Å²) < 4.78 is 7.70. The number of hydrogen-bond donors (Lipinski definition) is 1. The van der Waals surface area contributed by atoms with Gasteiger partial charge in [-0.3, -0.25) is 15.0 Å². The predicted octanol–water partition coefficient (Wildman–Crippen LogP) is 3.41. The van der Waals surface area contributed by atoms with E-state index < -0.39 is 6.03 Å². The molecule has 1 saturated heterocycles.